The fraction of sp³-hybridized carbons (Fsp3) is 0.125. The van der Waals surface area contributed by atoms with E-state index in [9.17, 15) is 26.3 Å². The van der Waals surface area contributed by atoms with Crippen LogP contribution in [0.3, 0.4) is 0 Å². The number of rotatable bonds is 6. The molecule has 0 aliphatic rings. The minimum absolute atomic E-state index is 0.0308. The summed E-state index contributed by atoms with van der Waals surface area (Å²) in [6.45, 7) is 0.134. The molecule has 0 radical (unpaired) electrons. The van der Waals surface area contributed by atoms with E-state index in [-0.39, 0.29) is 40.7 Å². The number of hydrogen-bond donors (Lipinski definition) is 2. The SMILES string of the molecule is FC(F)(F)c1ccc(Nc2ccnc3nc(-c4nnc(NCc5ccccn5)cc4C(F)(F)F)cnc23)nc1. The molecule has 0 atom stereocenters. The Labute approximate surface area is 215 Å². The molecule has 0 unspecified atom stereocenters. The Hall–Kier alpha value is -4.95. The van der Waals surface area contributed by atoms with E-state index in [1.54, 1.807) is 24.4 Å². The number of nitrogens with zero attached hydrogens (tertiary/aromatic N) is 7. The van der Waals surface area contributed by atoms with Crippen molar-refractivity contribution in [3.63, 3.8) is 0 Å². The average Bonchev–Trinajstić information content (AvgIpc) is 2.91. The maximum absolute atomic E-state index is 13.9. The third-order valence-corrected chi connectivity index (χ3v) is 5.32. The first-order chi connectivity index (χ1) is 18.6. The van der Waals surface area contributed by atoms with Crippen molar-refractivity contribution in [2.24, 2.45) is 0 Å². The second-order valence-corrected chi connectivity index (χ2v) is 8.01. The molecular weight excluding hydrogens is 528 g/mol. The van der Waals surface area contributed by atoms with Crippen LogP contribution >= 0.6 is 0 Å². The summed E-state index contributed by atoms with van der Waals surface area (Å²) in [6.07, 6.45) is -4.71. The number of hydrogen-bond acceptors (Lipinski definition) is 9. The van der Waals surface area contributed by atoms with E-state index in [0.29, 0.717) is 11.9 Å². The molecule has 0 aliphatic heterocycles. The van der Waals surface area contributed by atoms with Gasteiger partial charge < -0.3 is 10.6 Å². The highest BCUT2D eigenvalue weighted by molar-refractivity contribution is 5.87. The molecule has 0 fully saturated rings. The highest BCUT2D eigenvalue weighted by atomic mass is 19.4. The highest BCUT2D eigenvalue weighted by Gasteiger charge is 2.36. The zero-order valence-electron chi connectivity index (χ0n) is 19.5. The van der Waals surface area contributed by atoms with Crippen LogP contribution in [0.25, 0.3) is 22.6 Å². The standard InChI is InChI=1S/C24H15F6N9/c25-23(26,27)13-4-5-18(33-10-13)36-16-6-8-32-22-21(16)35-12-17(37-22)20-15(24(28,29)30)9-19(38-39-20)34-11-14-3-1-2-7-31-14/h1-10,12H,11H2,(H,34,38)(H,32,33,36,37). The first-order valence-electron chi connectivity index (χ1n) is 11.1. The van der Waals surface area contributed by atoms with E-state index in [0.717, 1.165) is 24.4 Å². The van der Waals surface area contributed by atoms with Gasteiger partial charge in [0.15, 0.2) is 5.65 Å². The maximum Gasteiger partial charge on any atom is 0.418 e. The Balaban J connectivity index is 1.44. The molecule has 0 bridgehead atoms. The second kappa shape index (κ2) is 10.1. The molecule has 0 saturated carbocycles. The summed E-state index contributed by atoms with van der Waals surface area (Å²) in [5.74, 6) is -0.0282. The second-order valence-electron chi connectivity index (χ2n) is 8.01. The number of nitrogens with one attached hydrogen (secondary N) is 2. The van der Waals surface area contributed by atoms with E-state index in [4.69, 9.17) is 0 Å². The minimum atomic E-state index is -4.78. The Morgan fingerprint density at radius 1 is 0.744 bits per heavy atom. The van der Waals surface area contributed by atoms with Gasteiger partial charge in [0.2, 0.25) is 0 Å². The number of alkyl halides is 6. The first kappa shape index (κ1) is 25.7. The van der Waals surface area contributed by atoms with Crippen LogP contribution in [0.15, 0.2) is 67.3 Å². The summed E-state index contributed by atoms with van der Waals surface area (Å²) in [7, 11) is 0. The molecule has 5 aromatic rings. The lowest BCUT2D eigenvalue weighted by molar-refractivity contribution is -0.138. The smallest absolute Gasteiger partial charge is 0.363 e. The van der Waals surface area contributed by atoms with Crippen molar-refractivity contribution >= 4 is 28.5 Å². The average molecular weight is 543 g/mol. The van der Waals surface area contributed by atoms with Gasteiger partial charge in [0.25, 0.3) is 0 Å². The van der Waals surface area contributed by atoms with Crippen molar-refractivity contribution in [3.8, 4) is 11.4 Å². The molecule has 9 nitrogen and oxygen atoms in total. The van der Waals surface area contributed by atoms with E-state index >= 15 is 0 Å². The van der Waals surface area contributed by atoms with Crippen molar-refractivity contribution in [1.82, 2.24) is 35.1 Å². The summed E-state index contributed by atoms with van der Waals surface area (Å²) in [4.78, 5) is 20.2. The number of fused-ring (bicyclic) bond motifs is 1. The van der Waals surface area contributed by atoms with Crippen LogP contribution in [-0.2, 0) is 18.9 Å². The highest BCUT2D eigenvalue weighted by Crippen LogP contribution is 2.36. The molecule has 198 valence electrons. The molecule has 0 amide bonds. The Bertz CT molecular complexity index is 1610. The first-order valence-corrected chi connectivity index (χ1v) is 11.1. The van der Waals surface area contributed by atoms with Crippen molar-refractivity contribution in [2.45, 2.75) is 18.9 Å². The summed E-state index contributed by atoms with van der Waals surface area (Å²) in [6, 6.07) is 9.43. The largest absolute Gasteiger partial charge is 0.418 e. The summed E-state index contributed by atoms with van der Waals surface area (Å²) < 4.78 is 80.2. The topological polar surface area (TPSA) is 114 Å². The lowest BCUT2D eigenvalue weighted by Crippen LogP contribution is -2.13. The lowest BCUT2D eigenvalue weighted by atomic mass is 10.1. The van der Waals surface area contributed by atoms with Gasteiger partial charge in [0, 0.05) is 18.6 Å². The van der Waals surface area contributed by atoms with Gasteiger partial charge in [-0.15, -0.1) is 10.2 Å². The fourth-order valence-electron chi connectivity index (χ4n) is 3.48. The lowest BCUT2D eigenvalue weighted by Gasteiger charge is -2.14. The third kappa shape index (κ3) is 5.81. The van der Waals surface area contributed by atoms with Gasteiger partial charge >= 0.3 is 12.4 Å². The third-order valence-electron chi connectivity index (χ3n) is 5.32. The Morgan fingerprint density at radius 3 is 2.28 bits per heavy atom. The van der Waals surface area contributed by atoms with Crippen LogP contribution in [0.1, 0.15) is 16.8 Å². The van der Waals surface area contributed by atoms with Crippen molar-refractivity contribution in [3.05, 3.63) is 84.1 Å². The number of aromatic nitrogens is 7. The zero-order chi connectivity index (χ0) is 27.6. The zero-order valence-corrected chi connectivity index (χ0v) is 19.5. The van der Waals surface area contributed by atoms with E-state index in [1.165, 1.54) is 12.3 Å². The normalized spacial score (nSPS) is 11.9. The molecule has 5 aromatic heterocycles. The quantitative estimate of drug-likeness (QED) is 0.262. The van der Waals surface area contributed by atoms with Crippen LogP contribution in [-0.4, -0.2) is 35.1 Å². The summed E-state index contributed by atoms with van der Waals surface area (Å²) in [5, 5.41) is 13.2. The fourth-order valence-corrected chi connectivity index (χ4v) is 3.48. The van der Waals surface area contributed by atoms with Gasteiger partial charge in [-0.25, -0.2) is 19.9 Å². The van der Waals surface area contributed by atoms with E-state index in [1.807, 2.05) is 0 Å². The van der Waals surface area contributed by atoms with Gasteiger partial charge in [-0.3, -0.25) is 4.98 Å². The number of pyridine rings is 3. The van der Waals surface area contributed by atoms with Crippen LogP contribution < -0.4 is 10.6 Å². The van der Waals surface area contributed by atoms with Gasteiger partial charge in [-0.05, 0) is 36.4 Å². The van der Waals surface area contributed by atoms with Gasteiger partial charge in [0.05, 0.1) is 35.2 Å². The van der Waals surface area contributed by atoms with E-state index < -0.39 is 29.2 Å². The number of halogens is 6. The molecule has 2 N–H and O–H groups in total. The predicted octanol–water partition coefficient (Wildman–Crippen LogP) is 5.67. The Morgan fingerprint density at radius 2 is 1.59 bits per heavy atom. The van der Waals surface area contributed by atoms with Crippen LogP contribution in [0, 0.1) is 0 Å². The van der Waals surface area contributed by atoms with Crippen molar-refractivity contribution < 1.29 is 26.3 Å². The van der Waals surface area contributed by atoms with Crippen LogP contribution in [0.4, 0.5) is 43.7 Å². The molecular formula is C24H15F6N9. The number of anilines is 3. The molecule has 0 spiro atoms. The van der Waals surface area contributed by atoms with Crippen LogP contribution in [0.2, 0.25) is 0 Å². The maximum atomic E-state index is 13.9. The monoisotopic (exact) mass is 543 g/mol. The molecule has 5 heterocycles. The molecule has 15 heteroatoms. The molecule has 0 aliphatic carbocycles. The summed E-state index contributed by atoms with van der Waals surface area (Å²) >= 11 is 0. The predicted molar refractivity (Wildman–Crippen MR) is 127 cm³/mol. The van der Waals surface area contributed by atoms with Gasteiger partial charge in [-0.2, -0.15) is 26.3 Å². The van der Waals surface area contributed by atoms with E-state index in [2.05, 4.69) is 45.8 Å². The summed E-state index contributed by atoms with van der Waals surface area (Å²) in [5.41, 5.74) is -1.79. The molecule has 0 saturated heterocycles. The minimum Gasteiger partial charge on any atom is -0.363 e. The molecule has 0 aromatic carbocycles. The molecule has 5 rings (SSSR count). The van der Waals surface area contributed by atoms with Crippen molar-refractivity contribution in [2.75, 3.05) is 10.6 Å². The van der Waals surface area contributed by atoms with Crippen molar-refractivity contribution in [1.29, 1.82) is 0 Å². The van der Waals surface area contributed by atoms with Gasteiger partial charge in [0.1, 0.15) is 28.5 Å². The Kier molecular flexibility index (Phi) is 6.64. The van der Waals surface area contributed by atoms with Crippen LogP contribution in [0.5, 0.6) is 0 Å². The molecule has 39 heavy (non-hydrogen) atoms. The van der Waals surface area contributed by atoms with Gasteiger partial charge in [-0.1, -0.05) is 6.07 Å².